The van der Waals surface area contributed by atoms with E-state index in [1.165, 1.54) is 16.7 Å². The number of amides is 3. The van der Waals surface area contributed by atoms with Crippen molar-refractivity contribution in [1.29, 1.82) is 0 Å². The zero-order valence-electron chi connectivity index (χ0n) is 19.4. The van der Waals surface area contributed by atoms with Crippen LogP contribution in [0.4, 0.5) is 4.79 Å². The summed E-state index contributed by atoms with van der Waals surface area (Å²) in [6, 6.07) is 14.1. The first-order valence-corrected chi connectivity index (χ1v) is 12.2. The minimum atomic E-state index is -0.986. The second-order valence-corrected chi connectivity index (χ2v) is 10.4. The maximum absolute atomic E-state index is 12.9. The first-order valence-electron chi connectivity index (χ1n) is 12.2. The van der Waals surface area contributed by atoms with Gasteiger partial charge in [0.2, 0.25) is 0 Å². The smallest absolute Gasteiger partial charge is 0.322 e. The Kier molecular flexibility index (Phi) is 4.80. The van der Waals surface area contributed by atoms with E-state index in [9.17, 15) is 14.7 Å². The molecule has 2 aliphatic carbocycles. The lowest BCUT2D eigenvalue weighted by Crippen LogP contribution is -2.75. The maximum atomic E-state index is 12.9. The van der Waals surface area contributed by atoms with Crippen LogP contribution >= 0.6 is 0 Å². The van der Waals surface area contributed by atoms with Gasteiger partial charge in [-0.1, -0.05) is 30.3 Å². The number of carbonyl (C=O) groups excluding carboxylic acids is 2. The van der Waals surface area contributed by atoms with Crippen LogP contribution in [0.25, 0.3) is 0 Å². The van der Waals surface area contributed by atoms with Gasteiger partial charge in [-0.05, 0) is 85.9 Å². The summed E-state index contributed by atoms with van der Waals surface area (Å²) in [6.07, 6.45) is 4.50. The SMILES string of the molecule is COc1cc(CCc2ccccc2)c2c(c1)[C@]13CCN[C@H](C2)[C@]1(O)CC[C@@]1(C3)NC(=O)NC1=O. The van der Waals surface area contributed by atoms with E-state index in [2.05, 4.69) is 52.3 Å². The zero-order chi connectivity index (χ0) is 23.6. The Morgan fingerprint density at radius 2 is 1.91 bits per heavy atom. The largest absolute Gasteiger partial charge is 0.497 e. The number of fused-ring (bicyclic) bond motifs is 1. The molecule has 2 aliphatic heterocycles. The summed E-state index contributed by atoms with van der Waals surface area (Å²) in [5.41, 5.74) is 2.24. The average Bonchev–Trinajstić information content (AvgIpc) is 3.10. The molecule has 3 amide bonds. The molecule has 0 unspecified atom stereocenters. The highest BCUT2D eigenvalue weighted by Crippen LogP contribution is 2.59. The van der Waals surface area contributed by atoms with E-state index < -0.39 is 22.6 Å². The predicted octanol–water partition coefficient (Wildman–Crippen LogP) is 2.13. The van der Waals surface area contributed by atoms with Gasteiger partial charge in [-0.15, -0.1) is 0 Å². The van der Waals surface area contributed by atoms with Gasteiger partial charge in [0, 0.05) is 11.5 Å². The van der Waals surface area contributed by atoms with Gasteiger partial charge in [-0.25, -0.2) is 4.79 Å². The van der Waals surface area contributed by atoms with Crippen molar-refractivity contribution < 1.29 is 19.4 Å². The Morgan fingerprint density at radius 3 is 2.65 bits per heavy atom. The van der Waals surface area contributed by atoms with Crippen LogP contribution < -0.4 is 20.7 Å². The quantitative estimate of drug-likeness (QED) is 0.523. The fourth-order valence-electron chi connectivity index (χ4n) is 7.21. The molecule has 1 saturated carbocycles. The molecule has 2 aromatic carbocycles. The van der Waals surface area contributed by atoms with Crippen molar-refractivity contribution in [2.75, 3.05) is 13.7 Å². The monoisotopic (exact) mass is 461 g/mol. The summed E-state index contributed by atoms with van der Waals surface area (Å²) >= 11 is 0. The van der Waals surface area contributed by atoms with Crippen LogP contribution in [0.5, 0.6) is 5.75 Å². The van der Waals surface area contributed by atoms with Crippen molar-refractivity contribution in [2.45, 2.75) is 67.5 Å². The second kappa shape index (κ2) is 7.55. The maximum Gasteiger partial charge on any atom is 0.322 e. The molecule has 178 valence electrons. The fourth-order valence-corrected chi connectivity index (χ4v) is 7.21. The Balaban J connectivity index is 1.47. The Morgan fingerprint density at radius 1 is 1.09 bits per heavy atom. The predicted molar refractivity (Wildman–Crippen MR) is 127 cm³/mol. The third-order valence-electron chi connectivity index (χ3n) is 8.90. The molecule has 7 nitrogen and oxygen atoms in total. The average molecular weight is 462 g/mol. The standard InChI is InChI=1S/C27H31N3O4/c1-34-19-13-18(8-7-17-5-3-2-4-6-17)20-15-22-27(33)10-9-26(23(31)29-24(32)30-26)16-25(27,11-12-28-22)21(20)14-19/h2-6,13-14,22,28,33H,7-12,15-16H2,1H3,(H2,29,30,31,32)/t22-,25-,26+,27-/m1/s1. The van der Waals surface area contributed by atoms with Crippen molar-refractivity contribution in [3.05, 3.63) is 64.7 Å². The van der Waals surface area contributed by atoms with E-state index in [0.717, 1.165) is 37.1 Å². The third kappa shape index (κ3) is 2.96. The Labute approximate surface area is 199 Å². The number of nitrogens with one attached hydrogen (secondary N) is 3. The molecule has 1 spiro atoms. The topological polar surface area (TPSA) is 99.7 Å². The zero-order valence-corrected chi connectivity index (χ0v) is 19.4. The van der Waals surface area contributed by atoms with Gasteiger partial charge < -0.3 is 20.5 Å². The Hall–Kier alpha value is -2.90. The number of benzene rings is 2. The third-order valence-corrected chi connectivity index (χ3v) is 8.90. The summed E-state index contributed by atoms with van der Waals surface area (Å²) in [6.45, 7) is 0.759. The van der Waals surface area contributed by atoms with E-state index >= 15 is 0 Å². The number of hydrogen-bond acceptors (Lipinski definition) is 5. The molecular formula is C27H31N3O4. The van der Waals surface area contributed by atoms with Crippen LogP contribution in [0.1, 0.15) is 47.9 Å². The number of methoxy groups -OCH3 is 1. The molecule has 2 aromatic rings. The molecule has 0 radical (unpaired) electrons. The molecule has 2 bridgehead atoms. The summed E-state index contributed by atoms with van der Waals surface area (Å²) in [5, 5.41) is 21.2. The number of piperidine rings is 1. The van der Waals surface area contributed by atoms with E-state index in [1.54, 1.807) is 7.11 Å². The number of aryl methyl sites for hydroxylation is 2. The van der Waals surface area contributed by atoms with Gasteiger partial charge in [0.25, 0.3) is 5.91 Å². The number of ether oxygens (including phenoxy) is 1. The highest BCUT2D eigenvalue weighted by atomic mass is 16.5. The van der Waals surface area contributed by atoms with E-state index in [-0.39, 0.29) is 11.9 Å². The molecule has 6 rings (SSSR count). The molecule has 7 heteroatoms. The van der Waals surface area contributed by atoms with Crippen LogP contribution in [-0.2, 0) is 29.5 Å². The molecular weight excluding hydrogens is 430 g/mol. The molecule has 3 fully saturated rings. The minimum absolute atomic E-state index is 0.0878. The molecule has 2 saturated heterocycles. The van der Waals surface area contributed by atoms with Gasteiger partial charge in [-0.2, -0.15) is 0 Å². The van der Waals surface area contributed by atoms with Crippen molar-refractivity contribution in [1.82, 2.24) is 16.0 Å². The molecule has 34 heavy (non-hydrogen) atoms. The van der Waals surface area contributed by atoms with Crippen molar-refractivity contribution >= 4 is 11.9 Å². The number of rotatable bonds is 4. The van der Waals surface area contributed by atoms with Gasteiger partial charge >= 0.3 is 6.03 Å². The van der Waals surface area contributed by atoms with E-state index in [1.807, 2.05) is 6.07 Å². The minimum Gasteiger partial charge on any atom is -0.497 e. The molecule has 4 aliphatic rings. The first-order chi connectivity index (χ1) is 16.4. The van der Waals surface area contributed by atoms with Crippen molar-refractivity contribution in [2.24, 2.45) is 0 Å². The molecule has 0 aromatic heterocycles. The number of aliphatic hydroxyl groups is 1. The summed E-state index contributed by atoms with van der Waals surface area (Å²) in [4.78, 5) is 25.1. The Bertz CT molecular complexity index is 1170. The fraction of sp³-hybridized carbons (Fsp3) is 0.481. The van der Waals surface area contributed by atoms with Crippen LogP contribution in [0.2, 0.25) is 0 Å². The van der Waals surface area contributed by atoms with Crippen LogP contribution in [0.15, 0.2) is 42.5 Å². The van der Waals surface area contributed by atoms with Crippen LogP contribution in [-0.4, -0.2) is 47.9 Å². The normalized spacial score (nSPS) is 33.6. The lowest BCUT2D eigenvalue weighted by molar-refractivity contribution is -0.151. The van der Waals surface area contributed by atoms with E-state index in [4.69, 9.17) is 4.74 Å². The highest BCUT2D eigenvalue weighted by molar-refractivity contribution is 6.07. The number of urea groups is 1. The van der Waals surface area contributed by atoms with Gasteiger partial charge in [0.05, 0.1) is 12.7 Å². The van der Waals surface area contributed by atoms with Gasteiger partial charge in [0.1, 0.15) is 11.3 Å². The molecule has 4 N–H and O–H groups in total. The number of imide groups is 1. The summed E-state index contributed by atoms with van der Waals surface area (Å²) in [5.74, 6) is 0.499. The molecule has 2 heterocycles. The first kappa shape index (κ1) is 21.6. The van der Waals surface area contributed by atoms with Crippen LogP contribution in [0.3, 0.4) is 0 Å². The van der Waals surface area contributed by atoms with Gasteiger partial charge in [-0.3, -0.25) is 10.1 Å². The summed E-state index contributed by atoms with van der Waals surface area (Å²) in [7, 11) is 1.67. The summed E-state index contributed by atoms with van der Waals surface area (Å²) < 4.78 is 5.73. The van der Waals surface area contributed by atoms with Crippen molar-refractivity contribution in [3.63, 3.8) is 0 Å². The van der Waals surface area contributed by atoms with Crippen LogP contribution in [0, 0.1) is 0 Å². The van der Waals surface area contributed by atoms with E-state index in [0.29, 0.717) is 25.7 Å². The lowest BCUT2D eigenvalue weighted by Gasteiger charge is -2.63. The number of hydrogen-bond donors (Lipinski definition) is 4. The highest BCUT2D eigenvalue weighted by Gasteiger charge is 2.68. The number of carbonyl (C=O) groups is 2. The lowest BCUT2D eigenvalue weighted by atomic mass is 9.46. The molecule has 4 atom stereocenters. The van der Waals surface area contributed by atoms with Crippen molar-refractivity contribution in [3.8, 4) is 5.75 Å². The van der Waals surface area contributed by atoms with Gasteiger partial charge in [0.15, 0.2) is 0 Å². The second-order valence-electron chi connectivity index (χ2n) is 10.4.